The van der Waals surface area contributed by atoms with Gasteiger partial charge in [-0.3, -0.25) is 0 Å². The SMILES string of the molecule is CC#CCCNCC1CCCCN1C(=O)OC(C)(C)C. The van der Waals surface area contributed by atoms with Crippen molar-refractivity contribution >= 4 is 6.09 Å². The Morgan fingerprint density at radius 1 is 1.40 bits per heavy atom. The summed E-state index contributed by atoms with van der Waals surface area (Å²) in [5, 5.41) is 3.39. The first-order chi connectivity index (χ1) is 9.44. The van der Waals surface area contributed by atoms with Crippen molar-refractivity contribution in [2.24, 2.45) is 0 Å². The lowest BCUT2D eigenvalue weighted by atomic mass is 10.0. The van der Waals surface area contributed by atoms with Crippen LogP contribution in [0.3, 0.4) is 0 Å². The molecule has 114 valence electrons. The molecule has 1 fully saturated rings. The van der Waals surface area contributed by atoms with Crippen LogP contribution in [0.15, 0.2) is 0 Å². The Bertz CT molecular complexity index is 363. The van der Waals surface area contributed by atoms with Crippen LogP contribution in [0, 0.1) is 11.8 Å². The van der Waals surface area contributed by atoms with Gasteiger partial charge >= 0.3 is 6.09 Å². The van der Waals surface area contributed by atoms with Crippen LogP contribution in [0.2, 0.25) is 0 Å². The van der Waals surface area contributed by atoms with Crippen molar-refractivity contribution < 1.29 is 9.53 Å². The third kappa shape index (κ3) is 6.29. The number of nitrogens with zero attached hydrogens (tertiary/aromatic N) is 1. The predicted molar refractivity (Wildman–Crippen MR) is 81.5 cm³/mol. The lowest BCUT2D eigenvalue weighted by molar-refractivity contribution is 0.01000. The van der Waals surface area contributed by atoms with Gasteiger partial charge in [-0.15, -0.1) is 11.8 Å². The average Bonchev–Trinajstić information content (AvgIpc) is 2.37. The van der Waals surface area contributed by atoms with E-state index in [0.717, 1.165) is 38.9 Å². The Kier molecular flexibility index (Phi) is 6.87. The minimum absolute atomic E-state index is 0.183. The summed E-state index contributed by atoms with van der Waals surface area (Å²) in [6.07, 6.45) is 3.97. The maximum absolute atomic E-state index is 12.2. The lowest BCUT2D eigenvalue weighted by Crippen LogP contribution is -2.50. The Hall–Kier alpha value is -1.21. The number of hydrogen-bond acceptors (Lipinski definition) is 3. The van der Waals surface area contributed by atoms with Gasteiger partial charge in [-0.05, 0) is 47.0 Å². The smallest absolute Gasteiger partial charge is 0.410 e. The molecule has 1 unspecified atom stereocenters. The van der Waals surface area contributed by atoms with Crippen LogP contribution in [-0.4, -0.2) is 42.3 Å². The van der Waals surface area contributed by atoms with Gasteiger partial charge in [0.1, 0.15) is 5.60 Å². The number of piperidine rings is 1. The Balaban J connectivity index is 2.44. The fraction of sp³-hybridized carbons (Fsp3) is 0.812. The molecule has 1 aliphatic heterocycles. The minimum atomic E-state index is -0.427. The largest absolute Gasteiger partial charge is 0.444 e. The molecule has 0 aliphatic carbocycles. The van der Waals surface area contributed by atoms with E-state index in [1.165, 1.54) is 6.42 Å². The molecular formula is C16H28N2O2. The summed E-state index contributed by atoms with van der Waals surface area (Å²) in [4.78, 5) is 14.1. The quantitative estimate of drug-likeness (QED) is 0.636. The van der Waals surface area contributed by atoms with Gasteiger partial charge in [0.2, 0.25) is 0 Å². The summed E-state index contributed by atoms with van der Waals surface area (Å²) in [6.45, 7) is 10.1. The van der Waals surface area contributed by atoms with Gasteiger partial charge in [0.05, 0.1) is 0 Å². The zero-order chi connectivity index (χ0) is 15.0. The van der Waals surface area contributed by atoms with E-state index in [4.69, 9.17) is 4.74 Å². The molecule has 0 spiro atoms. The first-order valence-electron chi connectivity index (χ1n) is 7.54. The molecule has 4 heteroatoms. The van der Waals surface area contributed by atoms with Gasteiger partial charge in [0.25, 0.3) is 0 Å². The van der Waals surface area contributed by atoms with E-state index >= 15 is 0 Å². The summed E-state index contributed by atoms with van der Waals surface area (Å²) >= 11 is 0. The van der Waals surface area contributed by atoms with Crippen molar-refractivity contribution in [3.63, 3.8) is 0 Å². The molecule has 20 heavy (non-hydrogen) atoms. The lowest BCUT2D eigenvalue weighted by Gasteiger charge is -2.36. The van der Waals surface area contributed by atoms with Gasteiger partial charge in [0.15, 0.2) is 0 Å². The van der Waals surface area contributed by atoms with Crippen LogP contribution in [-0.2, 0) is 4.74 Å². The number of likely N-dealkylation sites (tertiary alicyclic amines) is 1. The van der Waals surface area contributed by atoms with Crippen molar-refractivity contribution in [2.45, 2.75) is 65.0 Å². The molecule has 0 aromatic rings. The normalized spacial score (nSPS) is 19.2. The molecular weight excluding hydrogens is 252 g/mol. The third-order valence-corrected chi connectivity index (χ3v) is 3.24. The van der Waals surface area contributed by atoms with Gasteiger partial charge in [0, 0.05) is 32.1 Å². The van der Waals surface area contributed by atoms with Crippen LogP contribution in [0.4, 0.5) is 4.79 Å². The first-order valence-corrected chi connectivity index (χ1v) is 7.54. The van der Waals surface area contributed by atoms with Gasteiger partial charge in [-0.25, -0.2) is 4.79 Å². The fourth-order valence-electron chi connectivity index (χ4n) is 2.32. The summed E-state index contributed by atoms with van der Waals surface area (Å²) in [6, 6.07) is 0.244. The first kappa shape index (κ1) is 16.8. The highest BCUT2D eigenvalue weighted by Gasteiger charge is 2.29. The number of nitrogens with one attached hydrogen (secondary N) is 1. The molecule has 1 amide bonds. The molecule has 0 saturated carbocycles. The third-order valence-electron chi connectivity index (χ3n) is 3.24. The van der Waals surface area contributed by atoms with Crippen molar-refractivity contribution in [2.75, 3.05) is 19.6 Å². The van der Waals surface area contributed by atoms with E-state index in [0.29, 0.717) is 0 Å². The highest BCUT2D eigenvalue weighted by molar-refractivity contribution is 5.68. The fourth-order valence-corrected chi connectivity index (χ4v) is 2.32. The van der Waals surface area contributed by atoms with E-state index < -0.39 is 5.60 Å². The second-order valence-electron chi connectivity index (χ2n) is 6.20. The van der Waals surface area contributed by atoms with Gasteiger partial charge in [-0.2, -0.15) is 0 Å². The number of ether oxygens (including phenoxy) is 1. The topological polar surface area (TPSA) is 41.6 Å². The number of amides is 1. The highest BCUT2D eigenvalue weighted by atomic mass is 16.6. The molecule has 0 aromatic heterocycles. The maximum Gasteiger partial charge on any atom is 0.410 e. The molecule has 0 bridgehead atoms. The van der Waals surface area contributed by atoms with E-state index in [-0.39, 0.29) is 12.1 Å². The van der Waals surface area contributed by atoms with Crippen LogP contribution in [0.5, 0.6) is 0 Å². The average molecular weight is 280 g/mol. The Morgan fingerprint density at radius 2 is 2.15 bits per heavy atom. The number of carbonyl (C=O) groups is 1. The molecule has 0 radical (unpaired) electrons. The van der Waals surface area contributed by atoms with Gasteiger partial charge < -0.3 is 15.0 Å². The number of rotatable bonds is 4. The van der Waals surface area contributed by atoms with E-state index in [1.54, 1.807) is 0 Å². The highest BCUT2D eigenvalue weighted by Crippen LogP contribution is 2.19. The zero-order valence-corrected chi connectivity index (χ0v) is 13.3. The van der Waals surface area contributed by atoms with E-state index in [1.807, 2.05) is 32.6 Å². The summed E-state index contributed by atoms with van der Waals surface area (Å²) < 4.78 is 5.49. The molecule has 0 aromatic carbocycles. The van der Waals surface area contributed by atoms with Crippen LogP contribution in [0.25, 0.3) is 0 Å². The summed E-state index contributed by atoms with van der Waals surface area (Å²) in [7, 11) is 0. The molecule has 1 aliphatic rings. The Labute approximate surface area is 123 Å². The Morgan fingerprint density at radius 3 is 2.80 bits per heavy atom. The van der Waals surface area contributed by atoms with Crippen molar-refractivity contribution in [1.82, 2.24) is 10.2 Å². The van der Waals surface area contributed by atoms with Crippen molar-refractivity contribution in [3.05, 3.63) is 0 Å². The number of carbonyl (C=O) groups excluding carboxylic acids is 1. The minimum Gasteiger partial charge on any atom is -0.444 e. The van der Waals surface area contributed by atoms with Crippen LogP contribution >= 0.6 is 0 Å². The second-order valence-corrected chi connectivity index (χ2v) is 6.20. The predicted octanol–water partition coefficient (Wildman–Crippen LogP) is 2.78. The van der Waals surface area contributed by atoms with Crippen molar-refractivity contribution in [3.8, 4) is 11.8 Å². The van der Waals surface area contributed by atoms with Gasteiger partial charge in [-0.1, -0.05) is 0 Å². The monoisotopic (exact) mass is 280 g/mol. The van der Waals surface area contributed by atoms with Crippen molar-refractivity contribution in [1.29, 1.82) is 0 Å². The molecule has 1 heterocycles. The molecule has 1 atom stereocenters. The van der Waals surface area contributed by atoms with Crippen LogP contribution in [0.1, 0.15) is 53.4 Å². The molecule has 1 N–H and O–H groups in total. The number of hydrogen-bond donors (Lipinski definition) is 1. The summed E-state index contributed by atoms with van der Waals surface area (Å²) in [5.41, 5.74) is -0.427. The molecule has 1 saturated heterocycles. The zero-order valence-electron chi connectivity index (χ0n) is 13.3. The molecule has 1 rings (SSSR count). The second kappa shape index (κ2) is 8.16. The van der Waals surface area contributed by atoms with E-state index in [2.05, 4.69) is 17.2 Å². The summed E-state index contributed by atoms with van der Waals surface area (Å²) in [5.74, 6) is 5.92. The standard InChI is InChI=1S/C16H28N2O2/c1-5-6-8-11-17-13-14-10-7-9-12-18(14)15(19)20-16(2,3)4/h14,17H,7-13H2,1-4H3. The maximum atomic E-state index is 12.2. The van der Waals surface area contributed by atoms with E-state index in [9.17, 15) is 4.79 Å². The molecule has 4 nitrogen and oxygen atoms in total. The van der Waals surface area contributed by atoms with Crippen LogP contribution < -0.4 is 5.32 Å².